The van der Waals surface area contributed by atoms with Crippen LogP contribution in [0.2, 0.25) is 0 Å². The van der Waals surface area contributed by atoms with Crippen molar-refractivity contribution in [1.29, 1.82) is 0 Å². The Bertz CT molecular complexity index is 539. The van der Waals surface area contributed by atoms with E-state index in [0.717, 1.165) is 19.0 Å². The molecule has 18 heavy (non-hydrogen) atoms. The van der Waals surface area contributed by atoms with Crippen LogP contribution in [0, 0.1) is 5.82 Å². The van der Waals surface area contributed by atoms with E-state index in [2.05, 4.69) is 9.97 Å². The van der Waals surface area contributed by atoms with Crippen LogP contribution < -0.4 is 10.6 Å². The molecule has 2 N–H and O–H groups in total. The third kappa shape index (κ3) is 2.28. The van der Waals surface area contributed by atoms with Gasteiger partial charge in [-0.2, -0.15) is 4.98 Å². The zero-order valence-electron chi connectivity index (χ0n) is 9.71. The molecule has 0 aromatic carbocycles. The third-order valence-corrected chi connectivity index (χ3v) is 3.77. The number of hydrogen-bond donors (Lipinski definition) is 1. The Balaban J connectivity index is 1.91. The highest BCUT2D eigenvalue weighted by molar-refractivity contribution is 7.09. The molecule has 0 spiro atoms. The molecule has 2 heterocycles. The van der Waals surface area contributed by atoms with Gasteiger partial charge in [-0.15, -0.1) is 11.3 Å². The van der Waals surface area contributed by atoms with Gasteiger partial charge in [0, 0.05) is 10.9 Å². The lowest BCUT2D eigenvalue weighted by Gasteiger charge is -2.23. The first-order valence-corrected chi connectivity index (χ1v) is 6.69. The summed E-state index contributed by atoms with van der Waals surface area (Å²) in [6, 6.07) is 4.41. The largest absolute Gasteiger partial charge is 0.368 e. The molecule has 94 valence electrons. The second-order valence-corrected chi connectivity index (χ2v) is 5.37. The van der Waals surface area contributed by atoms with Crippen molar-refractivity contribution in [2.45, 2.75) is 25.4 Å². The topological polar surface area (TPSA) is 55.0 Å². The molecule has 6 heteroatoms. The third-order valence-electron chi connectivity index (χ3n) is 2.91. The van der Waals surface area contributed by atoms with Crippen molar-refractivity contribution < 1.29 is 4.39 Å². The highest BCUT2D eigenvalue weighted by atomic mass is 32.1. The van der Waals surface area contributed by atoms with Crippen LogP contribution in [-0.2, 0) is 6.54 Å². The lowest BCUT2D eigenvalue weighted by molar-refractivity contribution is 0.600. The van der Waals surface area contributed by atoms with E-state index < -0.39 is 5.82 Å². The molecule has 1 aliphatic rings. The molecule has 1 aliphatic carbocycles. The van der Waals surface area contributed by atoms with Crippen molar-refractivity contribution in [2.24, 2.45) is 0 Å². The monoisotopic (exact) mass is 264 g/mol. The maximum Gasteiger partial charge on any atom is 0.222 e. The van der Waals surface area contributed by atoms with Gasteiger partial charge in [0.1, 0.15) is 0 Å². The Morgan fingerprint density at radius 3 is 3.00 bits per heavy atom. The van der Waals surface area contributed by atoms with E-state index in [4.69, 9.17) is 5.73 Å². The second kappa shape index (κ2) is 4.53. The smallest absolute Gasteiger partial charge is 0.222 e. The minimum absolute atomic E-state index is 0.114. The van der Waals surface area contributed by atoms with Crippen LogP contribution in [0.4, 0.5) is 16.2 Å². The lowest BCUT2D eigenvalue weighted by Crippen LogP contribution is -2.27. The van der Waals surface area contributed by atoms with Gasteiger partial charge in [-0.25, -0.2) is 9.37 Å². The molecule has 2 aromatic rings. The second-order valence-electron chi connectivity index (χ2n) is 4.34. The number of rotatable bonds is 4. The molecule has 0 bridgehead atoms. The van der Waals surface area contributed by atoms with Gasteiger partial charge in [0.2, 0.25) is 5.95 Å². The Kier molecular flexibility index (Phi) is 2.87. The summed E-state index contributed by atoms with van der Waals surface area (Å²) < 4.78 is 13.8. The Morgan fingerprint density at radius 2 is 2.33 bits per heavy atom. The maximum atomic E-state index is 13.8. The average Bonchev–Trinajstić information content (AvgIpc) is 3.07. The molecule has 1 fully saturated rings. The number of halogens is 1. The fourth-order valence-corrected chi connectivity index (χ4v) is 2.61. The first-order valence-electron chi connectivity index (χ1n) is 5.81. The Hall–Kier alpha value is -1.69. The zero-order chi connectivity index (χ0) is 12.5. The standard InChI is InChI=1S/C12H13FN4S/c13-10-6-15-12(14)16-11(10)17(8-3-4-8)7-9-2-1-5-18-9/h1-2,5-6,8H,3-4,7H2,(H2,14,15,16). The van der Waals surface area contributed by atoms with E-state index in [1.165, 1.54) is 4.88 Å². The summed E-state index contributed by atoms with van der Waals surface area (Å²) >= 11 is 1.66. The predicted molar refractivity (Wildman–Crippen MR) is 69.9 cm³/mol. The van der Waals surface area contributed by atoms with Gasteiger partial charge in [-0.05, 0) is 24.3 Å². The highest BCUT2D eigenvalue weighted by Crippen LogP contribution is 2.34. The van der Waals surface area contributed by atoms with Crippen molar-refractivity contribution in [2.75, 3.05) is 10.6 Å². The fraction of sp³-hybridized carbons (Fsp3) is 0.333. The zero-order valence-corrected chi connectivity index (χ0v) is 10.5. The normalized spacial score (nSPS) is 14.7. The molecular formula is C12H13FN4S. The quantitative estimate of drug-likeness (QED) is 0.921. The van der Waals surface area contributed by atoms with Crippen LogP contribution in [0.5, 0.6) is 0 Å². The van der Waals surface area contributed by atoms with E-state index in [-0.39, 0.29) is 5.95 Å². The summed E-state index contributed by atoms with van der Waals surface area (Å²) in [5.74, 6) is 0.0225. The molecule has 0 amide bonds. The lowest BCUT2D eigenvalue weighted by atomic mass is 10.3. The predicted octanol–water partition coefficient (Wildman–Crippen LogP) is 2.43. The summed E-state index contributed by atoms with van der Waals surface area (Å²) in [6.45, 7) is 0.676. The minimum atomic E-state index is -0.410. The van der Waals surface area contributed by atoms with Crippen molar-refractivity contribution in [3.05, 3.63) is 34.4 Å². The van der Waals surface area contributed by atoms with Crippen LogP contribution in [-0.4, -0.2) is 16.0 Å². The number of aromatic nitrogens is 2. The summed E-state index contributed by atoms with van der Waals surface area (Å²) in [5.41, 5.74) is 5.55. The molecular weight excluding hydrogens is 251 g/mol. The van der Waals surface area contributed by atoms with Gasteiger partial charge in [-0.1, -0.05) is 6.07 Å². The maximum absolute atomic E-state index is 13.8. The van der Waals surface area contributed by atoms with Crippen LogP contribution in [0.1, 0.15) is 17.7 Å². The molecule has 1 saturated carbocycles. The summed E-state index contributed by atoms with van der Waals surface area (Å²) in [5, 5.41) is 2.02. The van der Waals surface area contributed by atoms with E-state index >= 15 is 0 Å². The fourth-order valence-electron chi connectivity index (χ4n) is 1.91. The number of anilines is 2. The molecule has 0 unspecified atom stereocenters. The number of nitrogen functional groups attached to an aromatic ring is 1. The van der Waals surface area contributed by atoms with Gasteiger partial charge >= 0.3 is 0 Å². The van der Waals surface area contributed by atoms with E-state index in [0.29, 0.717) is 18.4 Å². The van der Waals surface area contributed by atoms with Gasteiger partial charge in [0.15, 0.2) is 11.6 Å². The Morgan fingerprint density at radius 1 is 1.50 bits per heavy atom. The first-order chi connectivity index (χ1) is 8.74. The van der Waals surface area contributed by atoms with Gasteiger partial charge < -0.3 is 10.6 Å². The van der Waals surface area contributed by atoms with E-state index in [1.54, 1.807) is 11.3 Å². The van der Waals surface area contributed by atoms with Crippen LogP contribution >= 0.6 is 11.3 Å². The van der Waals surface area contributed by atoms with Gasteiger partial charge in [-0.3, -0.25) is 0 Å². The molecule has 0 aliphatic heterocycles. The van der Waals surface area contributed by atoms with E-state index in [1.807, 2.05) is 22.4 Å². The molecule has 2 aromatic heterocycles. The van der Waals surface area contributed by atoms with Crippen LogP contribution in [0.25, 0.3) is 0 Å². The molecule has 0 atom stereocenters. The number of thiophene rings is 1. The van der Waals surface area contributed by atoms with Crippen LogP contribution in [0.15, 0.2) is 23.7 Å². The van der Waals surface area contributed by atoms with Crippen LogP contribution in [0.3, 0.4) is 0 Å². The highest BCUT2D eigenvalue weighted by Gasteiger charge is 2.32. The van der Waals surface area contributed by atoms with Gasteiger partial charge in [0.25, 0.3) is 0 Å². The SMILES string of the molecule is Nc1ncc(F)c(N(Cc2cccs2)C2CC2)n1. The van der Waals surface area contributed by atoms with Crippen molar-refractivity contribution in [3.63, 3.8) is 0 Å². The summed E-state index contributed by atoms with van der Waals surface area (Å²) in [6.07, 6.45) is 3.30. The average molecular weight is 264 g/mol. The molecule has 4 nitrogen and oxygen atoms in total. The van der Waals surface area contributed by atoms with Crippen molar-refractivity contribution in [1.82, 2.24) is 9.97 Å². The van der Waals surface area contributed by atoms with E-state index in [9.17, 15) is 4.39 Å². The number of nitrogens with zero attached hydrogens (tertiary/aromatic N) is 3. The molecule has 3 rings (SSSR count). The molecule has 0 radical (unpaired) electrons. The van der Waals surface area contributed by atoms with Gasteiger partial charge in [0.05, 0.1) is 12.7 Å². The number of nitrogens with two attached hydrogens (primary N) is 1. The van der Waals surface area contributed by atoms with Crippen molar-refractivity contribution in [3.8, 4) is 0 Å². The van der Waals surface area contributed by atoms with Crippen molar-refractivity contribution >= 4 is 23.1 Å². The number of hydrogen-bond acceptors (Lipinski definition) is 5. The summed E-state index contributed by atoms with van der Waals surface area (Å²) in [4.78, 5) is 10.9. The minimum Gasteiger partial charge on any atom is -0.368 e. The molecule has 0 saturated heterocycles. The first kappa shape index (κ1) is 11.4. The Labute approximate surface area is 108 Å². The summed E-state index contributed by atoms with van der Waals surface area (Å²) in [7, 11) is 0.